The van der Waals surface area contributed by atoms with E-state index in [-0.39, 0.29) is 17.3 Å². The van der Waals surface area contributed by atoms with Crippen LogP contribution in [0.2, 0.25) is 0 Å². The summed E-state index contributed by atoms with van der Waals surface area (Å²) in [5.74, 6) is -3.03. The molecule has 1 aliphatic rings. The number of thioether (sulfide) groups is 1. The van der Waals surface area contributed by atoms with Crippen LogP contribution in [0.25, 0.3) is 0 Å². The highest BCUT2D eigenvalue weighted by molar-refractivity contribution is 8.15. The van der Waals surface area contributed by atoms with E-state index in [1.54, 1.807) is 0 Å². The van der Waals surface area contributed by atoms with Gasteiger partial charge in [-0.3, -0.25) is 9.59 Å². The average molecular weight is 285 g/mol. The molecule has 1 aromatic carbocycles. The summed E-state index contributed by atoms with van der Waals surface area (Å²) in [4.78, 5) is 26.4. The number of benzene rings is 1. The number of amidine groups is 1. The first-order chi connectivity index (χ1) is 8.95. The second kappa shape index (κ2) is 5.35. The first kappa shape index (κ1) is 13.5. The molecule has 0 saturated heterocycles. The lowest BCUT2D eigenvalue weighted by molar-refractivity contribution is -0.121. The van der Waals surface area contributed by atoms with E-state index in [0.717, 1.165) is 23.9 Å². The van der Waals surface area contributed by atoms with Crippen molar-refractivity contribution in [1.82, 2.24) is 0 Å². The zero-order valence-corrected chi connectivity index (χ0v) is 10.3. The van der Waals surface area contributed by atoms with Gasteiger partial charge in [-0.1, -0.05) is 11.8 Å². The van der Waals surface area contributed by atoms with Gasteiger partial charge in [-0.2, -0.15) is 4.99 Å². The number of anilines is 1. The van der Waals surface area contributed by atoms with E-state index in [1.807, 2.05) is 0 Å². The van der Waals surface area contributed by atoms with Crippen LogP contribution >= 0.6 is 11.8 Å². The highest BCUT2D eigenvalue weighted by Gasteiger charge is 2.29. The third-order valence-electron chi connectivity index (χ3n) is 2.33. The zero-order valence-electron chi connectivity index (χ0n) is 9.52. The number of amides is 2. The van der Waals surface area contributed by atoms with E-state index in [1.165, 1.54) is 6.07 Å². The summed E-state index contributed by atoms with van der Waals surface area (Å²) in [5.41, 5.74) is 5.47. The number of carbonyl (C=O) groups excluding carboxylic acids is 2. The van der Waals surface area contributed by atoms with Crippen LogP contribution in [0.4, 0.5) is 14.5 Å². The number of hydrogen-bond donors (Lipinski definition) is 2. The number of nitrogens with one attached hydrogen (secondary N) is 1. The van der Waals surface area contributed by atoms with Crippen molar-refractivity contribution in [1.29, 1.82) is 0 Å². The fourth-order valence-electron chi connectivity index (χ4n) is 1.49. The summed E-state index contributed by atoms with van der Waals surface area (Å²) in [7, 11) is 0. The van der Waals surface area contributed by atoms with Crippen molar-refractivity contribution in [2.45, 2.75) is 11.7 Å². The Labute approximate surface area is 111 Å². The summed E-state index contributed by atoms with van der Waals surface area (Å²) in [6.07, 6.45) is -0.132. The molecule has 1 atom stereocenters. The van der Waals surface area contributed by atoms with Crippen LogP contribution in [-0.2, 0) is 9.59 Å². The van der Waals surface area contributed by atoms with Gasteiger partial charge in [0.05, 0.1) is 0 Å². The molecule has 0 bridgehead atoms. The van der Waals surface area contributed by atoms with E-state index in [2.05, 4.69) is 10.3 Å². The Balaban J connectivity index is 1.95. The predicted octanol–water partition coefficient (Wildman–Crippen LogP) is 1.25. The lowest BCUT2D eigenvalue weighted by atomic mass is 10.2. The van der Waals surface area contributed by atoms with Gasteiger partial charge in [-0.15, -0.1) is 0 Å². The largest absolute Gasteiger partial charge is 0.378 e. The van der Waals surface area contributed by atoms with E-state index in [4.69, 9.17) is 5.73 Å². The Bertz CT molecular complexity index is 577. The molecule has 0 radical (unpaired) electrons. The predicted molar refractivity (Wildman–Crippen MR) is 67.6 cm³/mol. The molecular weight excluding hydrogens is 276 g/mol. The first-order valence-electron chi connectivity index (χ1n) is 5.25. The molecule has 8 heteroatoms. The van der Waals surface area contributed by atoms with Crippen molar-refractivity contribution in [3.8, 4) is 0 Å². The molecule has 2 rings (SSSR count). The van der Waals surface area contributed by atoms with Gasteiger partial charge in [0.1, 0.15) is 5.25 Å². The lowest BCUT2D eigenvalue weighted by Crippen LogP contribution is -2.21. The van der Waals surface area contributed by atoms with Gasteiger partial charge in [0.2, 0.25) is 5.91 Å². The molecular formula is C11H9F2N3O2S. The lowest BCUT2D eigenvalue weighted by Gasteiger charge is -2.08. The van der Waals surface area contributed by atoms with Crippen molar-refractivity contribution in [3.05, 3.63) is 29.8 Å². The molecule has 0 aromatic heterocycles. The highest BCUT2D eigenvalue weighted by atomic mass is 32.2. The molecule has 0 fully saturated rings. The van der Waals surface area contributed by atoms with Gasteiger partial charge in [0.25, 0.3) is 5.91 Å². The molecule has 0 spiro atoms. The Morgan fingerprint density at radius 1 is 1.42 bits per heavy atom. The monoisotopic (exact) mass is 285 g/mol. The minimum Gasteiger partial charge on any atom is -0.378 e. The van der Waals surface area contributed by atoms with Crippen LogP contribution in [0, 0.1) is 11.6 Å². The fraction of sp³-hybridized carbons (Fsp3) is 0.182. The molecule has 0 unspecified atom stereocenters. The SMILES string of the molecule is NC1=NC(=O)[C@H](CC(=O)Nc2ccc(F)c(F)c2)S1. The molecule has 2 amide bonds. The van der Waals surface area contributed by atoms with Gasteiger partial charge in [-0.25, -0.2) is 8.78 Å². The maximum atomic E-state index is 12.9. The maximum Gasteiger partial charge on any atom is 0.262 e. The fourth-order valence-corrected chi connectivity index (χ4v) is 2.31. The maximum absolute atomic E-state index is 12.9. The molecule has 0 aliphatic carbocycles. The summed E-state index contributed by atoms with van der Waals surface area (Å²) in [6, 6.07) is 2.99. The first-order valence-corrected chi connectivity index (χ1v) is 6.13. The van der Waals surface area contributed by atoms with E-state index in [9.17, 15) is 18.4 Å². The molecule has 0 saturated carbocycles. The summed E-state index contributed by atoms with van der Waals surface area (Å²) in [6.45, 7) is 0. The van der Waals surface area contributed by atoms with Gasteiger partial charge in [-0.05, 0) is 12.1 Å². The normalized spacial score (nSPS) is 18.3. The number of halogens is 2. The molecule has 1 aromatic rings. The highest BCUT2D eigenvalue weighted by Crippen LogP contribution is 2.23. The standard InChI is InChI=1S/C11H9F2N3O2S/c12-6-2-1-5(3-7(6)13)15-9(17)4-8-10(18)16-11(14)19-8/h1-3,8H,4H2,(H,15,17)(H2,14,16,18)/t8-/m0/s1. The van der Waals surface area contributed by atoms with Crippen molar-refractivity contribution in [2.75, 3.05) is 5.32 Å². The van der Waals surface area contributed by atoms with Crippen molar-refractivity contribution < 1.29 is 18.4 Å². The van der Waals surface area contributed by atoms with Crippen molar-refractivity contribution in [2.24, 2.45) is 10.7 Å². The van der Waals surface area contributed by atoms with Gasteiger partial charge in [0, 0.05) is 18.2 Å². The van der Waals surface area contributed by atoms with E-state index < -0.39 is 28.7 Å². The quantitative estimate of drug-likeness (QED) is 0.875. The van der Waals surface area contributed by atoms with E-state index in [0.29, 0.717) is 0 Å². The smallest absolute Gasteiger partial charge is 0.262 e. The molecule has 5 nitrogen and oxygen atoms in total. The van der Waals surface area contributed by atoms with Crippen LogP contribution in [-0.4, -0.2) is 22.2 Å². The molecule has 100 valence electrons. The van der Waals surface area contributed by atoms with Gasteiger partial charge >= 0.3 is 0 Å². The van der Waals surface area contributed by atoms with Gasteiger partial charge < -0.3 is 11.1 Å². The molecule has 1 aliphatic heterocycles. The third kappa shape index (κ3) is 3.28. The van der Waals surface area contributed by atoms with Crippen molar-refractivity contribution >= 4 is 34.4 Å². The second-order valence-corrected chi connectivity index (χ2v) is 5.00. The average Bonchev–Trinajstić information content (AvgIpc) is 2.62. The van der Waals surface area contributed by atoms with Crippen LogP contribution < -0.4 is 11.1 Å². The molecule has 19 heavy (non-hydrogen) atoms. The summed E-state index contributed by atoms with van der Waals surface area (Å²) < 4.78 is 25.6. The topological polar surface area (TPSA) is 84.5 Å². The van der Waals surface area contributed by atoms with Crippen LogP contribution in [0.5, 0.6) is 0 Å². The van der Waals surface area contributed by atoms with E-state index >= 15 is 0 Å². The minimum absolute atomic E-state index is 0.119. The Morgan fingerprint density at radius 3 is 2.74 bits per heavy atom. The number of aliphatic imine (C=N–C) groups is 1. The number of nitrogens with zero attached hydrogens (tertiary/aromatic N) is 1. The number of hydrogen-bond acceptors (Lipinski definition) is 4. The van der Waals surface area contributed by atoms with Crippen LogP contribution in [0.15, 0.2) is 23.2 Å². The number of rotatable bonds is 3. The molecule has 1 heterocycles. The third-order valence-corrected chi connectivity index (χ3v) is 3.32. The molecule has 3 N–H and O–H groups in total. The van der Waals surface area contributed by atoms with Crippen LogP contribution in [0.3, 0.4) is 0 Å². The van der Waals surface area contributed by atoms with Gasteiger partial charge in [0.15, 0.2) is 16.8 Å². The van der Waals surface area contributed by atoms with Crippen LogP contribution in [0.1, 0.15) is 6.42 Å². The summed E-state index contributed by atoms with van der Waals surface area (Å²) >= 11 is 1.00. The summed E-state index contributed by atoms with van der Waals surface area (Å²) in [5, 5.41) is 1.83. The minimum atomic E-state index is -1.06. The van der Waals surface area contributed by atoms with Crippen molar-refractivity contribution in [3.63, 3.8) is 0 Å². The Hall–Kier alpha value is -1.96. The second-order valence-electron chi connectivity index (χ2n) is 3.78. The Morgan fingerprint density at radius 2 is 2.16 bits per heavy atom. The number of nitrogens with two attached hydrogens (primary N) is 1. The Kier molecular flexibility index (Phi) is 3.79. The zero-order chi connectivity index (χ0) is 14.0. The number of carbonyl (C=O) groups is 2.